The third-order valence-corrected chi connectivity index (χ3v) is 4.25. The van der Waals surface area contributed by atoms with Crippen LogP contribution < -0.4 is 10.2 Å². The standard InChI is InChI=1S/C22H17N3O2/c26-20(23-16-9-3-1-4-10-16)15-25-19-14-8-7-13-18(19)21(22(25)27)24-17-11-5-2-6-12-17/h1-14H,15H2,(H,23,26). The van der Waals surface area contributed by atoms with Gasteiger partial charge in [-0.2, -0.15) is 0 Å². The molecule has 1 aliphatic rings. The molecule has 132 valence electrons. The van der Waals surface area contributed by atoms with Crippen molar-refractivity contribution in [2.24, 2.45) is 4.99 Å². The number of hydrogen-bond acceptors (Lipinski definition) is 3. The average Bonchev–Trinajstić information content (AvgIpc) is 2.95. The number of carbonyl (C=O) groups is 2. The van der Waals surface area contributed by atoms with E-state index in [2.05, 4.69) is 10.3 Å². The van der Waals surface area contributed by atoms with Crippen LogP contribution in [0.3, 0.4) is 0 Å². The second-order valence-corrected chi connectivity index (χ2v) is 6.12. The number of nitrogens with zero attached hydrogens (tertiary/aromatic N) is 2. The first-order chi connectivity index (χ1) is 13.2. The first-order valence-electron chi connectivity index (χ1n) is 8.62. The number of amides is 2. The molecule has 0 saturated carbocycles. The zero-order chi connectivity index (χ0) is 18.6. The first-order valence-corrected chi connectivity index (χ1v) is 8.62. The molecule has 0 bridgehead atoms. The van der Waals surface area contributed by atoms with Gasteiger partial charge in [0, 0.05) is 11.3 Å². The number of anilines is 2. The predicted molar refractivity (Wildman–Crippen MR) is 107 cm³/mol. The molecule has 0 unspecified atom stereocenters. The summed E-state index contributed by atoms with van der Waals surface area (Å²) in [4.78, 5) is 31.4. The summed E-state index contributed by atoms with van der Waals surface area (Å²) in [7, 11) is 0. The van der Waals surface area contributed by atoms with Gasteiger partial charge >= 0.3 is 0 Å². The minimum absolute atomic E-state index is 0.0709. The van der Waals surface area contributed by atoms with Crippen LogP contribution in [0.1, 0.15) is 5.56 Å². The number of hydrogen-bond donors (Lipinski definition) is 1. The second-order valence-electron chi connectivity index (χ2n) is 6.12. The van der Waals surface area contributed by atoms with Crippen molar-refractivity contribution in [1.29, 1.82) is 0 Å². The van der Waals surface area contributed by atoms with Crippen LogP contribution in [-0.4, -0.2) is 24.1 Å². The van der Waals surface area contributed by atoms with Crippen molar-refractivity contribution in [3.8, 4) is 0 Å². The van der Waals surface area contributed by atoms with Gasteiger partial charge in [-0.15, -0.1) is 0 Å². The van der Waals surface area contributed by atoms with E-state index in [1.807, 2.05) is 72.8 Å². The number of benzene rings is 3. The molecule has 0 spiro atoms. The molecule has 0 atom stereocenters. The van der Waals surface area contributed by atoms with Gasteiger partial charge in [-0.1, -0.05) is 54.6 Å². The van der Waals surface area contributed by atoms with Gasteiger partial charge in [0.05, 0.1) is 11.4 Å². The number of fused-ring (bicyclic) bond motifs is 1. The van der Waals surface area contributed by atoms with E-state index in [1.165, 1.54) is 4.90 Å². The van der Waals surface area contributed by atoms with Crippen molar-refractivity contribution < 1.29 is 9.59 Å². The van der Waals surface area contributed by atoms with Gasteiger partial charge in [0.25, 0.3) is 5.91 Å². The summed E-state index contributed by atoms with van der Waals surface area (Å²) < 4.78 is 0. The maximum Gasteiger partial charge on any atom is 0.278 e. The third-order valence-electron chi connectivity index (χ3n) is 4.25. The van der Waals surface area contributed by atoms with Gasteiger partial charge in [-0.05, 0) is 30.3 Å². The molecule has 2 amide bonds. The van der Waals surface area contributed by atoms with E-state index in [0.29, 0.717) is 22.8 Å². The van der Waals surface area contributed by atoms with E-state index < -0.39 is 0 Å². The Kier molecular flexibility index (Phi) is 4.49. The lowest BCUT2D eigenvalue weighted by Gasteiger charge is -2.16. The molecule has 5 heteroatoms. The van der Waals surface area contributed by atoms with E-state index >= 15 is 0 Å². The molecule has 0 aliphatic carbocycles. The van der Waals surface area contributed by atoms with Crippen LogP contribution in [0, 0.1) is 0 Å². The minimum atomic E-state index is -0.275. The predicted octanol–water partition coefficient (Wildman–Crippen LogP) is 3.79. The summed E-state index contributed by atoms with van der Waals surface area (Å²) in [6.07, 6.45) is 0. The molecule has 1 aliphatic heterocycles. The number of para-hydroxylation sites is 3. The number of carbonyl (C=O) groups excluding carboxylic acids is 2. The highest BCUT2D eigenvalue weighted by Crippen LogP contribution is 2.30. The van der Waals surface area contributed by atoms with Crippen molar-refractivity contribution >= 4 is 34.6 Å². The summed E-state index contributed by atoms with van der Waals surface area (Å²) in [5, 5.41) is 2.81. The summed E-state index contributed by atoms with van der Waals surface area (Å²) >= 11 is 0. The van der Waals surface area contributed by atoms with Crippen molar-refractivity contribution in [3.63, 3.8) is 0 Å². The van der Waals surface area contributed by atoms with E-state index in [1.54, 1.807) is 12.1 Å². The summed E-state index contributed by atoms with van der Waals surface area (Å²) in [6, 6.07) is 25.9. The average molecular weight is 355 g/mol. The van der Waals surface area contributed by atoms with Gasteiger partial charge in [0.15, 0.2) is 0 Å². The van der Waals surface area contributed by atoms with E-state index in [4.69, 9.17) is 0 Å². The zero-order valence-electron chi connectivity index (χ0n) is 14.5. The molecule has 0 radical (unpaired) electrons. The van der Waals surface area contributed by atoms with Crippen LogP contribution in [0.5, 0.6) is 0 Å². The molecule has 1 heterocycles. The van der Waals surface area contributed by atoms with Crippen LogP contribution in [0.15, 0.2) is 89.9 Å². The van der Waals surface area contributed by atoms with Gasteiger partial charge in [-0.25, -0.2) is 4.99 Å². The number of nitrogens with one attached hydrogen (secondary N) is 1. The minimum Gasteiger partial charge on any atom is -0.325 e. The molecule has 4 rings (SSSR count). The largest absolute Gasteiger partial charge is 0.325 e. The topological polar surface area (TPSA) is 61.8 Å². The van der Waals surface area contributed by atoms with Crippen molar-refractivity contribution in [2.75, 3.05) is 16.8 Å². The Morgan fingerprint density at radius 3 is 2.22 bits per heavy atom. The SMILES string of the molecule is O=C(CN1C(=O)C(=Nc2ccccc2)c2ccccc21)Nc1ccccc1. The normalized spacial score (nSPS) is 14.3. The molecular formula is C22H17N3O2. The fourth-order valence-corrected chi connectivity index (χ4v) is 3.02. The van der Waals surface area contributed by atoms with Crippen molar-refractivity contribution in [1.82, 2.24) is 0 Å². The highest BCUT2D eigenvalue weighted by molar-refractivity contribution is 6.55. The molecule has 0 saturated heterocycles. The lowest BCUT2D eigenvalue weighted by atomic mass is 10.1. The summed E-state index contributed by atoms with van der Waals surface area (Å²) in [5.74, 6) is -0.534. The van der Waals surface area contributed by atoms with Crippen LogP contribution >= 0.6 is 0 Å². The lowest BCUT2D eigenvalue weighted by Crippen LogP contribution is -2.37. The first kappa shape index (κ1) is 16.7. The molecule has 5 nitrogen and oxygen atoms in total. The van der Waals surface area contributed by atoms with Crippen molar-refractivity contribution in [2.45, 2.75) is 0 Å². The highest BCUT2D eigenvalue weighted by atomic mass is 16.2. The zero-order valence-corrected chi connectivity index (χ0v) is 14.5. The van der Waals surface area contributed by atoms with E-state index in [9.17, 15) is 9.59 Å². The van der Waals surface area contributed by atoms with Crippen molar-refractivity contribution in [3.05, 3.63) is 90.5 Å². The maximum atomic E-state index is 13.0. The maximum absolute atomic E-state index is 13.0. The second kappa shape index (κ2) is 7.25. The van der Waals surface area contributed by atoms with Gasteiger partial charge in [-0.3, -0.25) is 14.5 Å². The van der Waals surface area contributed by atoms with E-state index in [-0.39, 0.29) is 18.4 Å². The van der Waals surface area contributed by atoms with Crippen LogP contribution in [-0.2, 0) is 9.59 Å². The molecular weight excluding hydrogens is 338 g/mol. The Balaban J connectivity index is 1.61. The fraction of sp³-hybridized carbons (Fsp3) is 0.0455. The van der Waals surface area contributed by atoms with Crippen LogP contribution in [0.25, 0.3) is 0 Å². The van der Waals surface area contributed by atoms with Gasteiger partial charge in [0.1, 0.15) is 12.3 Å². The third kappa shape index (κ3) is 3.48. The van der Waals surface area contributed by atoms with Gasteiger partial charge < -0.3 is 5.32 Å². The highest BCUT2D eigenvalue weighted by Gasteiger charge is 2.34. The molecule has 3 aromatic rings. The number of aliphatic imine (C=N–C) groups is 1. The molecule has 0 aromatic heterocycles. The molecule has 1 N–H and O–H groups in total. The Morgan fingerprint density at radius 2 is 1.48 bits per heavy atom. The monoisotopic (exact) mass is 355 g/mol. The molecule has 0 fully saturated rings. The van der Waals surface area contributed by atoms with Crippen LogP contribution in [0.4, 0.5) is 17.1 Å². The fourth-order valence-electron chi connectivity index (χ4n) is 3.02. The van der Waals surface area contributed by atoms with E-state index in [0.717, 1.165) is 5.56 Å². The smallest absolute Gasteiger partial charge is 0.278 e. The molecule has 27 heavy (non-hydrogen) atoms. The molecule has 3 aromatic carbocycles. The van der Waals surface area contributed by atoms with Gasteiger partial charge in [0.2, 0.25) is 5.91 Å². The summed E-state index contributed by atoms with van der Waals surface area (Å²) in [6.45, 7) is -0.0709. The number of rotatable bonds is 4. The Labute approximate surface area is 157 Å². The Bertz CT molecular complexity index is 1010. The van der Waals surface area contributed by atoms with Crippen LogP contribution in [0.2, 0.25) is 0 Å². The lowest BCUT2D eigenvalue weighted by molar-refractivity contribution is -0.118. The Hall–Kier alpha value is -3.73. The Morgan fingerprint density at radius 1 is 0.852 bits per heavy atom. The summed E-state index contributed by atoms with van der Waals surface area (Å²) in [5.41, 5.74) is 3.18. The quantitative estimate of drug-likeness (QED) is 0.774.